The number of nitrogens with one attached hydrogen (secondary N) is 1. The molecule has 0 aliphatic carbocycles. The normalized spacial score (nSPS) is 14.5. The molecule has 0 unspecified atom stereocenters. The Labute approximate surface area is 97.2 Å². The van der Waals surface area contributed by atoms with E-state index in [1.165, 1.54) is 13.2 Å². The number of fused-ring (bicyclic) bond motifs is 1. The molecular weight excluding hydrogens is 230 g/mol. The fraction of sp³-hybridized carbons (Fsp3) is 0.364. The van der Waals surface area contributed by atoms with Crippen LogP contribution in [0.25, 0.3) is 0 Å². The van der Waals surface area contributed by atoms with Gasteiger partial charge in [-0.1, -0.05) is 0 Å². The molecule has 0 aromatic heterocycles. The number of carbonyl (C=O) groups is 1. The first kappa shape index (κ1) is 11.8. The highest BCUT2D eigenvalue weighted by Gasteiger charge is 2.25. The van der Waals surface area contributed by atoms with E-state index < -0.39 is 11.6 Å². The second-order valence-electron chi connectivity index (χ2n) is 3.74. The number of amides is 1. The number of ether oxygens (including phenoxy) is 1. The first-order valence-electron chi connectivity index (χ1n) is 5.14. The van der Waals surface area contributed by atoms with Crippen LogP contribution in [-0.4, -0.2) is 32.7 Å². The Morgan fingerprint density at radius 2 is 2.24 bits per heavy atom. The molecule has 0 fully saturated rings. The topological polar surface area (TPSA) is 41.6 Å². The van der Waals surface area contributed by atoms with Crippen LogP contribution in [0.4, 0.5) is 20.2 Å². The average molecular weight is 242 g/mol. The quantitative estimate of drug-likeness (QED) is 0.870. The van der Waals surface area contributed by atoms with Gasteiger partial charge in [-0.15, -0.1) is 0 Å². The molecule has 0 spiro atoms. The fourth-order valence-electron chi connectivity index (χ4n) is 1.77. The van der Waals surface area contributed by atoms with Crippen molar-refractivity contribution in [3.63, 3.8) is 0 Å². The van der Waals surface area contributed by atoms with Crippen LogP contribution in [0, 0.1) is 11.6 Å². The van der Waals surface area contributed by atoms with E-state index in [-0.39, 0.29) is 18.1 Å². The minimum atomic E-state index is -0.768. The van der Waals surface area contributed by atoms with E-state index in [2.05, 4.69) is 5.32 Å². The summed E-state index contributed by atoms with van der Waals surface area (Å²) in [5.74, 6) is -1.76. The summed E-state index contributed by atoms with van der Waals surface area (Å²) < 4.78 is 31.5. The predicted octanol–water partition coefficient (Wildman–Crippen LogP) is 1.37. The number of rotatable bonds is 3. The Hall–Kier alpha value is -1.69. The fourth-order valence-corrected chi connectivity index (χ4v) is 1.77. The van der Waals surface area contributed by atoms with Gasteiger partial charge in [0, 0.05) is 19.7 Å². The summed E-state index contributed by atoms with van der Waals surface area (Å²) in [7, 11) is 1.52. The van der Waals surface area contributed by atoms with Gasteiger partial charge >= 0.3 is 0 Å². The summed E-state index contributed by atoms with van der Waals surface area (Å²) in [6, 6.07) is 1.95. The molecule has 92 valence electrons. The van der Waals surface area contributed by atoms with E-state index in [1.807, 2.05) is 0 Å². The van der Waals surface area contributed by atoms with Gasteiger partial charge in [0.25, 0.3) is 0 Å². The molecule has 0 bridgehead atoms. The van der Waals surface area contributed by atoms with Crippen molar-refractivity contribution in [2.75, 3.05) is 37.0 Å². The van der Waals surface area contributed by atoms with Crippen molar-refractivity contribution in [3.05, 3.63) is 23.8 Å². The first-order valence-corrected chi connectivity index (χ1v) is 5.14. The molecule has 2 rings (SSSR count). The number of hydrogen-bond donors (Lipinski definition) is 1. The molecule has 4 nitrogen and oxygen atoms in total. The van der Waals surface area contributed by atoms with E-state index in [1.54, 1.807) is 4.90 Å². The smallest absolute Gasteiger partial charge is 0.244 e. The zero-order valence-electron chi connectivity index (χ0n) is 9.30. The molecule has 1 aromatic carbocycles. The summed E-state index contributed by atoms with van der Waals surface area (Å²) in [5.41, 5.74) is 0.373. The Morgan fingerprint density at radius 1 is 1.47 bits per heavy atom. The monoisotopic (exact) mass is 242 g/mol. The molecular formula is C11H12F2N2O2. The maximum atomic E-state index is 13.5. The maximum absolute atomic E-state index is 13.5. The van der Waals surface area contributed by atoms with Gasteiger partial charge in [0.05, 0.1) is 18.8 Å². The molecule has 0 saturated carbocycles. The van der Waals surface area contributed by atoms with Crippen LogP contribution in [0.5, 0.6) is 0 Å². The van der Waals surface area contributed by atoms with Gasteiger partial charge in [-0.25, -0.2) is 8.78 Å². The second kappa shape index (κ2) is 4.67. The van der Waals surface area contributed by atoms with Gasteiger partial charge in [-0.05, 0) is 6.07 Å². The largest absolute Gasteiger partial charge is 0.383 e. The number of halogens is 2. The lowest BCUT2D eigenvalue weighted by Gasteiger charge is -2.30. The van der Waals surface area contributed by atoms with E-state index >= 15 is 0 Å². The van der Waals surface area contributed by atoms with Gasteiger partial charge in [-0.2, -0.15) is 0 Å². The number of methoxy groups -OCH3 is 1. The van der Waals surface area contributed by atoms with Crippen LogP contribution in [0.2, 0.25) is 0 Å². The maximum Gasteiger partial charge on any atom is 0.244 e. The van der Waals surface area contributed by atoms with E-state index in [4.69, 9.17) is 4.74 Å². The highest BCUT2D eigenvalue weighted by atomic mass is 19.1. The minimum Gasteiger partial charge on any atom is -0.383 e. The number of benzene rings is 1. The van der Waals surface area contributed by atoms with Crippen LogP contribution in [0.3, 0.4) is 0 Å². The van der Waals surface area contributed by atoms with E-state index in [0.29, 0.717) is 18.8 Å². The summed E-state index contributed by atoms with van der Waals surface area (Å²) in [6.45, 7) is 0.851. The van der Waals surface area contributed by atoms with Gasteiger partial charge in [0.15, 0.2) is 5.82 Å². The molecule has 17 heavy (non-hydrogen) atoms. The zero-order valence-corrected chi connectivity index (χ0v) is 9.30. The second-order valence-corrected chi connectivity index (χ2v) is 3.74. The Morgan fingerprint density at radius 3 is 2.94 bits per heavy atom. The third-order valence-electron chi connectivity index (χ3n) is 2.54. The highest BCUT2D eigenvalue weighted by Crippen LogP contribution is 2.32. The number of carbonyl (C=O) groups excluding carboxylic acids is 1. The SMILES string of the molecule is COCCN1CC(=O)Nc2c(F)cc(F)cc21. The molecule has 6 heteroatoms. The summed E-state index contributed by atoms with van der Waals surface area (Å²) in [4.78, 5) is 13.0. The van der Waals surface area contributed by atoms with Crippen LogP contribution < -0.4 is 10.2 Å². The lowest BCUT2D eigenvalue weighted by molar-refractivity contribution is -0.115. The third-order valence-corrected chi connectivity index (χ3v) is 2.54. The van der Waals surface area contributed by atoms with Crippen LogP contribution >= 0.6 is 0 Å². The van der Waals surface area contributed by atoms with E-state index in [9.17, 15) is 13.6 Å². The van der Waals surface area contributed by atoms with Crippen LogP contribution in [-0.2, 0) is 9.53 Å². The Balaban J connectivity index is 2.37. The average Bonchev–Trinajstić information content (AvgIpc) is 2.27. The lowest BCUT2D eigenvalue weighted by Crippen LogP contribution is -2.40. The highest BCUT2D eigenvalue weighted by molar-refractivity contribution is 6.01. The standard InChI is InChI=1S/C11H12F2N2O2/c1-17-3-2-15-6-10(16)14-11-8(13)4-7(12)5-9(11)15/h4-5H,2-3,6H2,1H3,(H,14,16). The summed E-state index contributed by atoms with van der Waals surface area (Å²) in [6.07, 6.45) is 0. The molecule has 1 aliphatic rings. The Kier molecular flexibility index (Phi) is 3.23. The lowest BCUT2D eigenvalue weighted by atomic mass is 10.1. The number of hydrogen-bond acceptors (Lipinski definition) is 3. The molecule has 1 aliphatic heterocycles. The van der Waals surface area contributed by atoms with Crippen molar-refractivity contribution in [2.45, 2.75) is 0 Å². The van der Waals surface area contributed by atoms with Crippen molar-refractivity contribution >= 4 is 17.3 Å². The van der Waals surface area contributed by atoms with E-state index in [0.717, 1.165) is 6.07 Å². The number of nitrogens with zero attached hydrogens (tertiary/aromatic N) is 1. The van der Waals surface area contributed by atoms with Crippen molar-refractivity contribution in [1.29, 1.82) is 0 Å². The van der Waals surface area contributed by atoms with Gasteiger partial charge < -0.3 is 15.0 Å². The van der Waals surface area contributed by atoms with Crippen LogP contribution in [0.15, 0.2) is 12.1 Å². The molecule has 0 radical (unpaired) electrons. The molecule has 0 atom stereocenters. The van der Waals surface area contributed by atoms with Gasteiger partial charge in [0.1, 0.15) is 11.5 Å². The summed E-state index contributed by atoms with van der Waals surface area (Å²) >= 11 is 0. The zero-order chi connectivity index (χ0) is 12.4. The first-order chi connectivity index (χ1) is 8.11. The van der Waals surface area contributed by atoms with Crippen molar-refractivity contribution in [2.24, 2.45) is 0 Å². The number of anilines is 2. The van der Waals surface area contributed by atoms with Crippen LogP contribution in [0.1, 0.15) is 0 Å². The molecule has 1 aromatic rings. The molecule has 0 saturated heterocycles. The van der Waals surface area contributed by atoms with Crippen molar-refractivity contribution in [1.82, 2.24) is 0 Å². The van der Waals surface area contributed by atoms with Gasteiger partial charge in [-0.3, -0.25) is 4.79 Å². The van der Waals surface area contributed by atoms with Crippen molar-refractivity contribution in [3.8, 4) is 0 Å². The minimum absolute atomic E-state index is 0.0266. The van der Waals surface area contributed by atoms with Crippen molar-refractivity contribution < 1.29 is 18.3 Å². The third kappa shape index (κ3) is 2.36. The Bertz CT molecular complexity index is 451. The molecule has 1 N–H and O–H groups in total. The molecule has 1 heterocycles. The molecule has 1 amide bonds. The predicted molar refractivity (Wildman–Crippen MR) is 59.1 cm³/mol. The van der Waals surface area contributed by atoms with Gasteiger partial charge in [0.2, 0.25) is 5.91 Å². The summed E-state index contributed by atoms with van der Waals surface area (Å²) in [5, 5.41) is 2.40.